The molecule has 0 spiro atoms. The molecular formula is C11H10O. The van der Waals surface area contributed by atoms with E-state index in [1.165, 1.54) is 0 Å². The molecule has 0 radical (unpaired) electrons. The average Bonchev–Trinajstić information content (AvgIpc) is 2.17. The molecule has 1 aromatic carbocycles. The molecule has 1 aromatic rings. The van der Waals surface area contributed by atoms with Crippen molar-refractivity contribution in [1.82, 2.24) is 0 Å². The highest BCUT2D eigenvalue weighted by Gasteiger charge is 1.99. The molecule has 60 valence electrons. The van der Waals surface area contributed by atoms with Gasteiger partial charge in [0.25, 0.3) is 0 Å². The van der Waals surface area contributed by atoms with Crippen LogP contribution in [0.2, 0.25) is 0 Å². The lowest BCUT2D eigenvalue weighted by Crippen LogP contribution is -1.86. The van der Waals surface area contributed by atoms with Gasteiger partial charge in [0.1, 0.15) is 6.29 Å². The summed E-state index contributed by atoms with van der Waals surface area (Å²) in [4.78, 5) is 10.4. The maximum absolute atomic E-state index is 10.4. The van der Waals surface area contributed by atoms with Crippen molar-refractivity contribution in [2.75, 3.05) is 0 Å². The van der Waals surface area contributed by atoms with Gasteiger partial charge in [-0.25, -0.2) is 0 Å². The minimum absolute atomic E-state index is 0.432. The van der Waals surface area contributed by atoms with Gasteiger partial charge in [0.05, 0.1) is 0 Å². The van der Waals surface area contributed by atoms with E-state index in [4.69, 9.17) is 0 Å². The van der Waals surface area contributed by atoms with Crippen molar-refractivity contribution in [3.8, 4) is 0 Å². The summed E-state index contributed by atoms with van der Waals surface area (Å²) in [7, 11) is 0. The number of hydrogen-bond donors (Lipinski definition) is 0. The van der Waals surface area contributed by atoms with E-state index < -0.39 is 0 Å². The molecule has 0 bridgehead atoms. The van der Waals surface area contributed by atoms with Crippen molar-refractivity contribution in [3.63, 3.8) is 0 Å². The van der Waals surface area contributed by atoms with Crippen molar-refractivity contribution >= 4 is 11.9 Å². The number of rotatable bonds is 3. The minimum Gasteiger partial charge on any atom is -0.298 e. The van der Waals surface area contributed by atoms with E-state index in [-0.39, 0.29) is 0 Å². The standard InChI is InChI=1S/C11H10O/c1-9(8-12)10(2)11-6-4-3-5-7-11/h3-8H,1-2H2. The number of carbonyl (C=O) groups excluding carboxylic acids is 1. The summed E-state index contributed by atoms with van der Waals surface area (Å²) in [5.41, 5.74) is 2.06. The van der Waals surface area contributed by atoms with Crippen LogP contribution in [0, 0.1) is 0 Å². The van der Waals surface area contributed by atoms with E-state index in [1.54, 1.807) is 0 Å². The molecule has 0 aliphatic heterocycles. The zero-order valence-electron chi connectivity index (χ0n) is 6.79. The molecule has 0 atom stereocenters. The summed E-state index contributed by atoms with van der Waals surface area (Å²) in [6, 6.07) is 9.52. The normalized spacial score (nSPS) is 9.00. The lowest BCUT2D eigenvalue weighted by molar-refractivity contribution is -0.104. The van der Waals surface area contributed by atoms with Gasteiger partial charge in [-0.1, -0.05) is 43.5 Å². The topological polar surface area (TPSA) is 17.1 Å². The van der Waals surface area contributed by atoms with Crippen molar-refractivity contribution in [1.29, 1.82) is 0 Å². The van der Waals surface area contributed by atoms with E-state index in [0.717, 1.165) is 11.8 Å². The van der Waals surface area contributed by atoms with Crippen LogP contribution >= 0.6 is 0 Å². The van der Waals surface area contributed by atoms with Crippen molar-refractivity contribution < 1.29 is 4.79 Å². The van der Waals surface area contributed by atoms with Gasteiger partial charge in [-0.2, -0.15) is 0 Å². The Labute approximate surface area is 72.0 Å². The largest absolute Gasteiger partial charge is 0.298 e. The van der Waals surface area contributed by atoms with Crippen LogP contribution < -0.4 is 0 Å². The Morgan fingerprint density at radius 2 is 1.75 bits per heavy atom. The van der Waals surface area contributed by atoms with Crippen LogP contribution in [0.1, 0.15) is 5.56 Å². The summed E-state index contributed by atoms with van der Waals surface area (Å²) in [6.45, 7) is 7.35. The maximum Gasteiger partial charge on any atom is 0.150 e. The van der Waals surface area contributed by atoms with E-state index in [0.29, 0.717) is 11.1 Å². The highest BCUT2D eigenvalue weighted by Crippen LogP contribution is 2.17. The van der Waals surface area contributed by atoms with Gasteiger partial charge in [0.2, 0.25) is 0 Å². The van der Waals surface area contributed by atoms with Gasteiger partial charge >= 0.3 is 0 Å². The Morgan fingerprint density at radius 3 is 2.25 bits per heavy atom. The quantitative estimate of drug-likeness (QED) is 0.375. The summed E-state index contributed by atoms with van der Waals surface area (Å²) in [5.74, 6) is 0. The van der Waals surface area contributed by atoms with Gasteiger partial charge in [0, 0.05) is 5.57 Å². The summed E-state index contributed by atoms with van der Waals surface area (Å²) in [5, 5.41) is 0. The lowest BCUT2D eigenvalue weighted by atomic mass is 10.0. The first kappa shape index (κ1) is 8.47. The Bertz CT molecular complexity index is 309. The molecule has 1 heteroatoms. The molecule has 12 heavy (non-hydrogen) atoms. The summed E-state index contributed by atoms with van der Waals surface area (Å²) >= 11 is 0. The van der Waals surface area contributed by atoms with Gasteiger partial charge in [-0.05, 0) is 11.1 Å². The number of carbonyl (C=O) groups is 1. The predicted octanol–water partition coefficient (Wildman–Crippen LogP) is 2.45. The van der Waals surface area contributed by atoms with Crippen molar-refractivity contribution in [3.05, 3.63) is 54.6 Å². The first-order valence-corrected chi connectivity index (χ1v) is 3.64. The third-order valence-corrected chi connectivity index (χ3v) is 1.65. The molecule has 0 saturated carbocycles. The first-order valence-electron chi connectivity index (χ1n) is 3.64. The van der Waals surface area contributed by atoms with Crippen LogP contribution in [0.5, 0.6) is 0 Å². The number of hydrogen-bond acceptors (Lipinski definition) is 1. The molecule has 1 rings (SSSR count). The lowest BCUT2D eigenvalue weighted by Gasteiger charge is -2.02. The highest BCUT2D eigenvalue weighted by atomic mass is 16.1. The fourth-order valence-corrected chi connectivity index (χ4v) is 0.896. The second-order valence-electron chi connectivity index (χ2n) is 2.49. The third-order valence-electron chi connectivity index (χ3n) is 1.65. The van der Waals surface area contributed by atoms with Gasteiger partial charge in [-0.15, -0.1) is 0 Å². The molecule has 0 fully saturated rings. The Hall–Kier alpha value is -1.63. The fourth-order valence-electron chi connectivity index (χ4n) is 0.896. The van der Waals surface area contributed by atoms with Crippen LogP contribution in [0.3, 0.4) is 0 Å². The average molecular weight is 158 g/mol. The second-order valence-corrected chi connectivity index (χ2v) is 2.49. The maximum atomic E-state index is 10.4. The van der Waals surface area contributed by atoms with E-state index in [1.807, 2.05) is 30.3 Å². The minimum atomic E-state index is 0.432. The van der Waals surface area contributed by atoms with Gasteiger partial charge in [-0.3, -0.25) is 4.79 Å². The Balaban J connectivity index is 2.93. The third kappa shape index (κ3) is 1.70. The number of allylic oxidation sites excluding steroid dienone is 2. The van der Waals surface area contributed by atoms with Crippen LogP contribution in [0.15, 0.2) is 49.1 Å². The molecule has 0 aromatic heterocycles. The van der Waals surface area contributed by atoms with Crippen LogP contribution in [0.25, 0.3) is 5.57 Å². The van der Waals surface area contributed by atoms with Crippen molar-refractivity contribution in [2.45, 2.75) is 0 Å². The van der Waals surface area contributed by atoms with E-state index >= 15 is 0 Å². The predicted molar refractivity (Wildman–Crippen MR) is 50.7 cm³/mol. The molecule has 0 amide bonds. The molecule has 0 aliphatic rings. The van der Waals surface area contributed by atoms with Crippen LogP contribution in [0.4, 0.5) is 0 Å². The molecule has 0 N–H and O–H groups in total. The monoisotopic (exact) mass is 158 g/mol. The summed E-state index contributed by atoms with van der Waals surface area (Å²) in [6.07, 6.45) is 0.718. The fraction of sp³-hybridized carbons (Fsp3) is 0. The number of aldehydes is 1. The van der Waals surface area contributed by atoms with Crippen molar-refractivity contribution in [2.24, 2.45) is 0 Å². The SMILES string of the molecule is C=C(C=O)C(=C)c1ccccc1. The Morgan fingerprint density at radius 1 is 1.17 bits per heavy atom. The summed E-state index contributed by atoms with van der Waals surface area (Å²) < 4.78 is 0. The first-order chi connectivity index (χ1) is 5.75. The smallest absolute Gasteiger partial charge is 0.150 e. The van der Waals surface area contributed by atoms with E-state index in [9.17, 15) is 4.79 Å². The Kier molecular flexibility index (Phi) is 2.59. The molecule has 0 unspecified atom stereocenters. The van der Waals surface area contributed by atoms with Gasteiger partial charge in [0.15, 0.2) is 0 Å². The highest BCUT2D eigenvalue weighted by molar-refractivity contribution is 5.96. The van der Waals surface area contributed by atoms with E-state index in [2.05, 4.69) is 13.2 Å². The van der Waals surface area contributed by atoms with Gasteiger partial charge < -0.3 is 0 Å². The zero-order valence-corrected chi connectivity index (χ0v) is 6.79. The van der Waals surface area contributed by atoms with Crippen LogP contribution in [-0.2, 0) is 4.79 Å². The molecule has 1 nitrogen and oxygen atoms in total. The molecule has 0 aliphatic carbocycles. The zero-order chi connectivity index (χ0) is 8.97. The number of benzene rings is 1. The molecule has 0 saturated heterocycles. The van der Waals surface area contributed by atoms with Crippen LogP contribution in [-0.4, -0.2) is 6.29 Å². The molecule has 0 heterocycles. The second kappa shape index (κ2) is 3.67. The molecular weight excluding hydrogens is 148 g/mol.